The molecule has 11 rings (SSSR count). The Bertz CT molecular complexity index is 3120. The summed E-state index contributed by atoms with van der Waals surface area (Å²) in [6.07, 6.45) is 12.8. The van der Waals surface area contributed by atoms with Crippen molar-refractivity contribution >= 4 is 49.5 Å². The minimum absolute atomic E-state index is 0.334. The molecule has 13 nitrogen and oxygen atoms in total. The number of hydrogen-bond acceptors (Lipinski definition) is 14. The van der Waals surface area contributed by atoms with Crippen LogP contribution in [-0.2, 0) is 0 Å². The van der Waals surface area contributed by atoms with E-state index in [-0.39, 0.29) is 0 Å². The first-order valence-electron chi connectivity index (χ1n) is 18.3. The Labute approximate surface area is 333 Å². The second-order valence-corrected chi connectivity index (χ2v) is 14.1. The van der Waals surface area contributed by atoms with Gasteiger partial charge in [0, 0.05) is 69.4 Å². The smallest absolute Gasteiger partial charge is 0.228 e. The van der Waals surface area contributed by atoms with Gasteiger partial charge in [0.25, 0.3) is 0 Å². The number of rotatable bonds is 7. The normalized spacial score (nSPS) is 13.8. The monoisotopic (exact) mass is 770 g/mol. The minimum atomic E-state index is -0.756. The highest BCUT2D eigenvalue weighted by Crippen LogP contribution is 2.57. The van der Waals surface area contributed by atoms with E-state index < -0.39 is 6.17 Å². The summed E-state index contributed by atoms with van der Waals surface area (Å²) in [6.45, 7) is 0. The van der Waals surface area contributed by atoms with Crippen molar-refractivity contribution in [1.29, 1.82) is 0 Å². The van der Waals surface area contributed by atoms with Gasteiger partial charge in [-0.25, -0.2) is 24.9 Å². The Morgan fingerprint density at radius 1 is 0.569 bits per heavy atom. The highest BCUT2D eigenvalue weighted by molar-refractivity contribution is 7.13. The lowest BCUT2D eigenvalue weighted by Gasteiger charge is -2.38. The fourth-order valence-electron chi connectivity index (χ4n) is 7.64. The van der Waals surface area contributed by atoms with Gasteiger partial charge in [-0.05, 0) is 53.1 Å². The lowest BCUT2D eigenvalue weighted by molar-refractivity contribution is 0.574. The van der Waals surface area contributed by atoms with Crippen LogP contribution in [0, 0.1) is 0 Å². The molecule has 0 amide bonds. The third-order valence-electron chi connectivity index (χ3n) is 9.98. The van der Waals surface area contributed by atoms with Crippen molar-refractivity contribution < 1.29 is 4.42 Å². The first-order valence-corrected chi connectivity index (χ1v) is 19.1. The molecule has 0 fully saturated rings. The van der Waals surface area contributed by atoms with Crippen molar-refractivity contribution in [3.05, 3.63) is 169 Å². The van der Waals surface area contributed by atoms with Crippen LogP contribution >= 0.6 is 11.3 Å². The predicted octanol–water partition coefficient (Wildman–Crippen LogP) is 8.95. The Hall–Kier alpha value is -7.97. The largest absolute Gasteiger partial charge is 0.444 e. The van der Waals surface area contributed by atoms with Crippen molar-refractivity contribution in [3.8, 4) is 45.4 Å². The van der Waals surface area contributed by atoms with Crippen LogP contribution < -0.4 is 4.90 Å². The lowest BCUT2D eigenvalue weighted by Crippen LogP contribution is -2.32. The SMILES string of the molecule is c1ccc(-c2c(-c3ncccn3)c(-c3ccnnn3)c3c(c2-c2ncco2)N(c2nccs2)C(c2nccc4ccccc24)N=C3c2ccc3ccccc3n2)nc1. The van der Waals surface area contributed by atoms with Crippen LogP contribution in [0.15, 0.2) is 161 Å². The molecule has 1 unspecified atom stereocenters. The Morgan fingerprint density at radius 3 is 2.22 bits per heavy atom. The van der Waals surface area contributed by atoms with Gasteiger partial charge < -0.3 is 4.42 Å². The van der Waals surface area contributed by atoms with E-state index in [1.165, 1.54) is 11.3 Å². The van der Waals surface area contributed by atoms with Gasteiger partial charge in [0.2, 0.25) is 5.89 Å². The molecule has 0 radical (unpaired) electrons. The molecule has 0 spiro atoms. The number of anilines is 2. The lowest BCUT2D eigenvalue weighted by atomic mass is 9.81. The van der Waals surface area contributed by atoms with Crippen LogP contribution in [0.3, 0.4) is 0 Å². The van der Waals surface area contributed by atoms with Crippen LogP contribution in [0.2, 0.25) is 0 Å². The number of nitrogens with zero attached hydrogens (tertiary/aromatic N) is 12. The number of para-hydroxylation sites is 1. The molecule has 0 N–H and O–H groups in total. The number of oxazole rings is 1. The first kappa shape index (κ1) is 33.4. The van der Waals surface area contributed by atoms with Crippen molar-refractivity contribution in [2.75, 3.05) is 4.90 Å². The number of pyridine rings is 3. The van der Waals surface area contributed by atoms with Gasteiger partial charge in [0.15, 0.2) is 17.1 Å². The van der Waals surface area contributed by atoms with Crippen molar-refractivity contribution in [2.45, 2.75) is 6.17 Å². The fourth-order valence-corrected chi connectivity index (χ4v) is 8.31. The van der Waals surface area contributed by atoms with E-state index in [9.17, 15) is 0 Å². The fraction of sp³-hybridized carbons (Fsp3) is 0.0227. The molecule has 7 aromatic heterocycles. The van der Waals surface area contributed by atoms with Gasteiger partial charge in [0.1, 0.15) is 6.26 Å². The van der Waals surface area contributed by atoms with E-state index in [0.29, 0.717) is 73.1 Å². The number of aromatic nitrogens is 10. The average Bonchev–Trinajstić information content (AvgIpc) is 4.04. The molecule has 8 heterocycles. The molecule has 14 heteroatoms. The summed E-state index contributed by atoms with van der Waals surface area (Å²) in [4.78, 5) is 42.6. The second kappa shape index (κ2) is 14.0. The maximum Gasteiger partial charge on any atom is 0.228 e. The Kier molecular flexibility index (Phi) is 8.03. The Morgan fingerprint density at radius 2 is 1.41 bits per heavy atom. The summed E-state index contributed by atoms with van der Waals surface area (Å²) in [6, 6.07) is 31.6. The number of aliphatic imine (C=N–C) groups is 1. The van der Waals surface area contributed by atoms with Crippen molar-refractivity contribution in [2.24, 2.45) is 4.99 Å². The molecule has 274 valence electrons. The van der Waals surface area contributed by atoms with E-state index in [1.807, 2.05) is 84.4 Å². The van der Waals surface area contributed by atoms with E-state index in [4.69, 9.17) is 44.3 Å². The molecule has 1 aliphatic rings. The van der Waals surface area contributed by atoms with E-state index >= 15 is 0 Å². The van der Waals surface area contributed by atoms with E-state index in [2.05, 4.69) is 38.5 Å². The van der Waals surface area contributed by atoms with E-state index in [0.717, 1.165) is 27.4 Å². The average molecular weight is 771 g/mol. The molecule has 0 bridgehead atoms. The van der Waals surface area contributed by atoms with Crippen LogP contribution in [-0.4, -0.2) is 56.0 Å². The van der Waals surface area contributed by atoms with Crippen molar-refractivity contribution in [3.63, 3.8) is 0 Å². The minimum Gasteiger partial charge on any atom is -0.444 e. The topological polar surface area (TPSA) is 158 Å². The van der Waals surface area contributed by atoms with Gasteiger partial charge in [-0.2, -0.15) is 0 Å². The molecule has 0 saturated carbocycles. The highest BCUT2D eigenvalue weighted by Gasteiger charge is 2.43. The van der Waals surface area contributed by atoms with Crippen LogP contribution in [0.1, 0.15) is 23.1 Å². The molecule has 58 heavy (non-hydrogen) atoms. The molecule has 0 saturated heterocycles. The summed E-state index contributed by atoms with van der Waals surface area (Å²) < 4.78 is 6.33. The summed E-state index contributed by atoms with van der Waals surface area (Å²) in [5.74, 6) is 0.747. The zero-order chi connectivity index (χ0) is 38.4. The number of fused-ring (bicyclic) bond motifs is 3. The third-order valence-corrected chi connectivity index (χ3v) is 10.7. The van der Waals surface area contributed by atoms with Gasteiger partial charge >= 0.3 is 0 Å². The zero-order valence-corrected chi connectivity index (χ0v) is 31.0. The van der Waals surface area contributed by atoms with Crippen LogP contribution in [0.5, 0.6) is 0 Å². The van der Waals surface area contributed by atoms with E-state index in [1.54, 1.807) is 49.5 Å². The maximum absolute atomic E-state index is 6.33. The molecular weight excluding hydrogens is 745 g/mol. The molecule has 3 aromatic carbocycles. The summed E-state index contributed by atoms with van der Waals surface area (Å²) in [5, 5.41) is 18.4. The zero-order valence-electron chi connectivity index (χ0n) is 30.2. The Balaban J connectivity index is 1.40. The van der Waals surface area contributed by atoms with Gasteiger partial charge in [-0.3, -0.25) is 19.9 Å². The molecule has 1 aliphatic heterocycles. The molecule has 1 atom stereocenters. The molecular formula is C44H26N12OS. The van der Waals surface area contributed by atoms with Gasteiger partial charge in [-0.1, -0.05) is 54.6 Å². The number of benzene rings is 3. The third kappa shape index (κ3) is 5.50. The summed E-state index contributed by atoms with van der Waals surface area (Å²) >= 11 is 1.48. The summed E-state index contributed by atoms with van der Waals surface area (Å²) in [5.41, 5.74) is 7.67. The number of hydrogen-bond donors (Lipinski definition) is 0. The predicted molar refractivity (Wildman–Crippen MR) is 221 cm³/mol. The highest BCUT2D eigenvalue weighted by atomic mass is 32.1. The number of thiazole rings is 1. The second-order valence-electron chi connectivity index (χ2n) is 13.2. The van der Waals surface area contributed by atoms with Crippen LogP contribution in [0.25, 0.3) is 67.0 Å². The van der Waals surface area contributed by atoms with Gasteiger partial charge in [-0.15, -0.1) is 21.5 Å². The summed E-state index contributed by atoms with van der Waals surface area (Å²) in [7, 11) is 0. The molecule has 10 aromatic rings. The molecule has 0 aliphatic carbocycles. The van der Waals surface area contributed by atoms with Gasteiger partial charge in [0.05, 0.1) is 57.6 Å². The maximum atomic E-state index is 6.33. The quantitative estimate of drug-likeness (QED) is 0.152. The van der Waals surface area contributed by atoms with Crippen molar-refractivity contribution in [1.82, 2.24) is 50.3 Å². The first-order chi connectivity index (χ1) is 28.8. The standard InChI is InChI=1S/C44H26N12OS/c1-3-10-28-26(8-1)15-20-46-38(28)42-53-39(32-14-13-27-9-2-4-11-29(27)52-32)36-34(31-16-21-51-55-54-31)35(41-47-18-7-19-48-41)33(30-12-5-6-17-45-30)37(43-49-22-24-57-43)40(36)56(42)44-50-23-25-58-44/h1-25,42H. The van der Waals surface area contributed by atoms with Crippen LogP contribution in [0.4, 0.5) is 10.8 Å².